The highest BCUT2D eigenvalue weighted by Crippen LogP contribution is 2.28. The van der Waals surface area contributed by atoms with Crippen molar-refractivity contribution in [2.75, 3.05) is 6.54 Å². The second kappa shape index (κ2) is 5.72. The maximum atomic E-state index is 12.8. The first-order chi connectivity index (χ1) is 10.0. The molecule has 0 spiro atoms. The molecule has 5 nitrogen and oxygen atoms in total. The number of imidazole rings is 1. The monoisotopic (exact) mass is 389 g/mol. The number of aromatic nitrogens is 2. The predicted octanol–water partition coefficient (Wildman–Crippen LogP) is 2.59. The highest BCUT2D eigenvalue weighted by molar-refractivity contribution is 9.10. The Hall–Kier alpha value is -0.890. The van der Waals surface area contributed by atoms with E-state index in [1.54, 1.807) is 24.4 Å². The fraction of sp³-hybridized carbons (Fsp3) is 0.308. The standard InChI is InChI=1S/C13H13BrClN3O2S/c14-11-7-10(8-15)1-2-12(11)21(19,20)18-6-5-17-4-3-16-13(17)9-18/h1-4,7H,5-6,8-9H2. The second-order valence-electron chi connectivity index (χ2n) is 4.77. The fourth-order valence-electron chi connectivity index (χ4n) is 2.33. The lowest BCUT2D eigenvalue weighted by Crippen LogP contribution is -2.38. The predicted molar refractivity (Wildman–Crippen MR) is 83.5 cm³/mol. The number of hydrogen-bond donors (Lipinski definition) is 0. The molecule has 0 atom stereocenters. The van der Waals surface area contributed by atoms with Crippen LogP contribution >= 0.6 is 27.5 Å². The summed E-state index contributed by atoms with van der Waals surface area (Å²) in [6, 6.07) is 5.07. The third-order valence-electron chi connectivity index (χ3n) is 3.48. The molecule has 8 heteroatoms. The summed E-state index contributed by atoms with van der Waals surface area (Å²) in [5.74, 6) is 1.11. The molecule has 112 valence electrons. The van der Waals surface area contributed by atoms with E-state index in [4.69, 9.17) is 11.6 Å². The topological polar surface area (TPSA) is 55.2 Å². The van der Waals surface area contributed by atoms with Crippen molar-refractivity contribution < 1.29 is 8.42 Å². The first kappa shape index (κ1) is 15.0. The van der Waals surface area contributed by atoms with Crippen LogP contribution in [0.2, 0.25) is 0 Å². The van der Waals surface area contributed by atoms with E-state index >= 15 is 0 Å². The van der Waals surface area contributed by atoms with Gasteiger partial charge in [0.25, 0.3) is 0 Å². The van der Waals surface area contributed by atoms with Gasteiger partial charge in [0.2, 0.25) is 10.0 Å². The Kier molecular flexibility index (Phi) is 4.09. The van der Waals surface area contributed by atoms with Gasteiger partial charge in [0, 0.05) is 35.8 Å². The Morgan fingerprint density at radius 1 is 1.33 bits per heavy atom. The molecule has 2 aromatic rings. The maximum Gasteiger partial charge on any atom is 0.244 e. The summed E-state index contributed by atoms with van der Waals surface area (Å²) in [6.07, 6.45) is 3.56. The summed E-state index contributed by atoms with van der Waals surface area (Å²) in [6.45, 7) is 1.35. The van der Waals surface area contributed by atoms with Crippen LogP contribution in [0.15, 0.2) is 40.0 Å². The number of alkyl halides is 1. The summed E-state index contributed by atoms with van der Waals surface area (Å²) in [5, 5.41) is 0. The van der Waals surface area contributed by atoms with Crippen molar-refractivity contribution in [1.82, 2.24) is 13.9 Å². The Bertz CT molecular complexity index is 775. The third-order valence-corrected chi connectivity index (χ3v) is 6.61. The number of benzene rings is 1. The van der Waals surface area contributed by atoms with Crippen LogP contribution in [-0.2, 0) is 29.0 Å². The van der Waals surface area contributed by atoms with Gasteiger partial charge in [-0.3, -0.25) is 0 Å². The minimum Gasteiger partial charge on any atom is -0.333 e. The van der Waals surface area contributed by atoms with Crippen molar-refractivity contribution in [3.63, 3.8) is 0 Å². The summed E-state index contributed by atoms with van der Waals surface area (Å²) < 4.78 is 29.5. The Labute approximate surface area is 136 Å². The summed E-state index contributed by atoms with van der Waals surface area (Å²) >= 11 is 9.10. The van der Waals surface area contributed by atoms with Gasteiger partial charge < -0.3 is 4.57 Å². The van der Waals surface area contributed by atoms with E-state index in [1.807, 2.05) is 10.8 Å². The highest BCUT2D eigenvalue weighted by Gasteiger charge is 2.30. The maximum absolute atomic E-state index is 12.8. The van der Waals surface area contributed by atoms with Crippen LogP contribution in [0, 0.1) is 0 Å². The molecule has 0 N–H and O–H groups in total. The van der Waals surface area contributed by atoms with Crippen molar-refractivity contribution in [3.05, 3.63) is 46.5 Å². The van der Waals surface area contributed by atoms with Crippen LogP contribution < -0.4 is 0 Å². The van der Waals surface area contributed by atoms with Crippen LogP contribution in [0.25, 0.3) is 0 Å². The molecule has 0 radical (unpaired) electrons. The van der Waals surface area contributed by atoms with Crippen molar-refractivity contribution in [3.8, 4) is 0 Å². The molecule has 0 bridgehead atoms. The van der Waals surface area contributed by atoms with Gasteiger partial charge in [-0.25, -0.2) is 13.4 Å². The van der Waals surface area contributed by atoms with Gasteiger partial charge in [0.05, 0.1) is 11.4 Å². The molecule has 21 heavy (non-hydrogen) atoms. The van der Waals surface area contributed by atoms with Crippen molar-refractivity contribution in [2.24, 2.45) is 0 Å². The minimum atomic E-state index is -3.55. The second-order valence-corrected chi connectivity index (χ2v) is 7.80. The van der Waals surface area contributed by atoms with E-state index in [0.717, 1.165) is 11.4 Å². The average Bonchev–Trinajstić information content (AvgIpc) is 2.94. The zero-order chi connectivity index (χ0) is 15.0. The highest BCUT2D eigenvalue weighted by atomic mass is 79.9. The SMILES string of the molecule is O=S(=O)(c1ccc(CCl)cc1Br)N1CCn2ccnc2C1. The molecule has 0 unspecified atom stereocenters. The van der Waals surface area contributed by atoms with E-state index in [0.29, 0.717) is 30.0 Å². The van der Waals surface area contributed by atoms with Gasteiger partial charge in [-0.2, -0.15) is 4.31 Å². The van der Waals surface area contributed by atoms with Crippen LogP contribution in [0.4, 0.5) is 0 Å². The van der Waals surface area contributed by atoms with Crippen LogP contribution in [0.3, 0.4) is 0 Å². The van der Waals surface area contributed by atoms with E-state index < -0.39 is 10.0 Å². The molecule has 0 saturated carbocycles. The molecular formula is C13H13BrClN3O2S. The van der Waals surface area contributed by atoms with Crippen molar-refractivity contribution in [1.29, 1.82) is 0 Å². The van der Waals surface area contributed by atoms with Crippen molar-refractivity contribution >= 4 is 37.6 Å². The largest absolute Gasteiger partial charge is 0.333 e. The Morgan fingerprint density at radius 2 is 2.14 bits per heavy atom. The molecule has 0 saturated heterocycles. The molecule has 0 aliphatic carbocycles. The average molecular weight is 391 g/mol. The molecule has 0 fully saturated rings. The normalized spacial score (nSPS) is 15.9. The van der Waals surface area contributed by atoms with Gasteiger partial charge >= 0.3 is 0 Å². The quantitative estimate of drug-likeness (QED) is 0.757. The molecule has 1 aromatic carbocycles. The van der Waals surface area contributed by atoms with Crippen LogP contribution in [0.1, 0.15) is 11.4 Å². The van der Waals surface area contributed by atoms with Crippen molar-refractivity contribution in [2.45, 2.75) is 23.9 Å². The molecule has 2 heterocycles. The number of halogens is 2. The first-order valence-corrected chi connectivity index (χ1v) is 9.13. The van der Waals surface area contributed by atoms with Crippen LogP contribution in [0.5, 0.6) is 0 Å². The van der Waals surface area contributed by atoms with E-state index in [9.17, 15) is 8.42 Å². The summed E-state index contributed by atoms with van der Waals surface area (Å²) in [7, 11) is -3.55. The van der Waals surface area contributed by atoms with E-state index in [2.05, 4.69) is 20.9 Å². The summed E-state index contributed by atoms with van der Waals surface area (Å²) in [4.78, 5) is 4.45. The van der Waals surface area contributed by atoms with Gasteiger partial charge in [-0.1, -0.05) is 6.07 Å². The first-order valence-electron chi connectivity index (χ1n) is 6.37. The number of sulfonamides is 1. The lowest BCUT2D eigenvalue weighted by Gasteiger charge is -2.27. The summed E-state index contributed by atoms with van der Waals surface area (Å²) in [5.41, 5.74) is 0.872. The zero-order valence-corrected chi connectivity index (χ0v) is 14.2. The van der Waals surface area contributed by atoms with E-state index in [1.165, 1.54) is 4.31 Å². The van der Waals surface area contributed by atoms with Gasteiger partial charge in [-0.15, -0.1) is 11.6 Å². The van der Waals surface area contributed by atoms with Gasteiger partial charge in [0.15, 0.2) is 0 Å². The lowest BCUT2D eigenvalue weighted by atomic mass is 10.2. The molecule has 1 aromatic heterocycles. The fourth-order valence-corrected chi connectivity index (χ4v) is 4.97. The van der Waals surface area contributed by atoms with Gasteiger partial charge in [-0.05, 0) is 33.6 Å². The number of fused-ring (bicyclic) bond motifs is 1. The number of hydrogen-bond acceptors (Lipinski definition) is 3. The zero-order valence-electron chi connectivity index (χ0n) is 11.0. The van der Waals surface area contributed by atoms with E-state index in [-0.39, 0.29) is 4.90 Å². The molecule has 1 aliphatic rings. The van der Waals surface area contributed by atoms with Gasteiger partial charge in [0.1, 0.15) is 5.82 Å². The Balaban J connectivity index is 1.95. The molecule has 0 amide bonds. The molecule has 3 rings (SSSR count). The number of rotatable bonds is 3. The third kappa shape index (κ3) is 2.75. The molecule has 1 aliphatic heterocycles. The smallest absolute Gasteiger partial charge is 0.244 e. The Morgan fingerprint density at radius 3 is 2.86 bits per heavy atom. The minimum absolute atomic E-state index is 0.261. The number of nitrogens with zero attached hydrogens (tertiary/aromatic N) is 3. The lowest BCUT2D eigenvalue weighted by molar-refractivity contribution is 0.335. The molecular weight excluding hydrogens is 378 g/mol. The van der Waals surface area contributed by atoms with Crippen LogP contribution in [-0.4, -0.2) is 28.8 Å².